The van der Waals surface area contributed by atoms with Crippen LogP contribution in [0.3, 0.4) is 0 Å². The van der Waals surface area contributed by atoms with Gasteiger partial charge in [0, 0.05) is 33.0 Å². The quantitative estimate of drug-likeness (QED) is 0.686. The Kier molecular flexibility index (Phi) is 6.80. The minimum absolute atomic E-state index is 0.0227. The Morgan fingerprint density at radius 1 is 1.29 bits per heavy atom. The van der Waals surface area contributed by atoms with Gasteiger partial charge in [-0.15, -0.1) is 0 Å². The Labute approximate surface area is 103 Å². The number of aliphatic hydroxyl groups is 1. The molecule has 0 aliphatic carbocycles. The summed E-state index contributed by atoms with van der Waals surface area (Å²) in [7, 11) is 1.66. The average molecular weight is 244 g/mol. The SMILES string of the molecule is CCNC(=O)CCCC(=O)N(C)CC(C)(C)O. The van der Waals surface area contributed by atoms with Crippen molar-refractivity contribution in [2.45, 2.75) is 45.6 Å². The fourth-order valence-corrected chi connectivity index (χ4v) is 1.55. The maximum atomic E-state index is 11.6. The number of amides is 2. The number of carbonyl (C=O) groups excluding carboxylic acids is 2. The predicted octanol–water partition coefficient (Wildman–Crippen LogP) is 0.522. The molecule has 2 N–H and O–H groups in total. The third-order valence-electron chi connectivity index (χ3n) is 2.22. The van der Waals surface area contributed by atoms with Gasteiger partial charge >= 0.3 is 0 Å². The molecule has 0 saturated heterocycles. The number of nitrogens with zero attached hydrogens (tertiary/aromatic N) is 1. The molecule has 0 aliphatic heterocycles. The minimum Gasteiger partial charge on any atom is -0.389 e. The van der Waals surface area contributed by atoms with Crippen molar-refractivity contribution >= 4 is 11.8 Å². The van der Waals surface area contributed by atoms with Crippen LogP contribution in [0, 0.1) is 0 Å². The van der Waals surface area contributed by atoms with Crippen LogP contribution in [0.4, 0.5) is 0 Å². The first-order chi connectivity index (χ1) is 7.76. The lowest BCUT2D eigenvalue weighted by Crippen LogP contribution is -2.39. The van der Waals surface area contributed by atoms with E-state index in [1.54, 1.807) is 20.9 Å². The lowest BCUT2D eigenvalue weighted by Gasteiger charge is -2.25. The number of hydrogen-bond acceptors (Lipinski definition) is 3. The molecule has 0 spiro atoms. The van der Waals surface area contributed by atoms with Crippen molar-refractivity contribution in [2.24, 2.45) is 0 Å². The van der Waals surface area contributed by atoms with Gasteiger partial charge in [0.05, 0.1) is 5.60 Å². The number of nitrogens with one attached hydrogen (secondary N) is 1. The zero-order valence-corrected chi connectivity index (χ0v) is 11.2. The summed E-state index contributed by atoms with van der Waals surface area (Å²) in [6.07, 6.45) is 1.25. The Bertz CT molecular complexity index is 259. The minimum atomic E-state index is -0.885. The van der Waals surface area contributed by atoms with Crippen LogP contribution in [0.25, 0.3) is 0 Å². The summed E-state index contributed by atoms with van der Waals surface area (Å²) in [6, 6.07) is 0. The first-order valence-corrected chi connectivity index (χ1v) is 5.99. The second kappa shape index (κ2) is 7.27. The first-order valence-electron chi connectivity index (χ1n) is 5.99. The van der Waals surface area contributed by atoms with Crippen LogP contribution in [0.15, 0.2) is 0 Å². The third-order valence-corrected chi connectivity index (χ3v) is 2.22. The highest BCUT2D eigenvalue weighted by atomic mass is 16.3. The van der Waals surface area contributed by atoms with Crippen molar-refractivity contribution in [3.8, 4) is 0 Å². The van der Waals surface area contributed by atoms with Crippen LogP contribution in [-0.2, 0) is 9.59 Å². The summed E-state index contributed by atoms with van der Waals surface area (Å²) in [5.74, 6) is -0.0677. The molecule has 0 aromatic heterocycles. The van der Waals surface area contributed by atoms with Gasteiger partial charge in [-0.25, -0.2) is 0 Å². The van der Waals surface area contributed by atoms with E-state index >= 15 is 0 Å². The molecule has 0 bridgehead atoms. The molecule has 5 heteroatoms. The molecule has 0 aliphatic rings. The summed E-state index contributed by atoms with van der Waals surface area (Å²) in [6.45, 7) is 6.09. The fourth-order valence-electron chi connectivity index (χ4n) is 1.55. The normalized spacial score (nSPS) is 11.1. The van der Waals surface area contributed by atoms with Gasteiger partial charge in [-0.2, -0.15) is 0 Å². The van der Waals surface area contributed by atoms with E-state index in [9.17, 15) is 14.7 Å². The van der Waals surface area contributed by atoms with Crippen molar-refractivity contribution in [3.63, 3.8) is 0 Å². The molecule has 17 heavy (non-hydrogen) atoms. The zero-order valence-electron chi connectivity index (χ0n) is 11.2. The second-order valence-corrected chi connectivity index (χ2v) is 4.87. The average Bonchev–Trinajstić information content (AvgIpc) is 2.15. The molecule has 0 unspecified atom stereocenters. The van der Waals surface area contributed by atoms with Gasteiger partial charge in [0.2, 0.25) is 11.8 Å². The van der Waals surface area contributed by atoms with E-state index in [-0.39, 0.29) is 11.8 Å². The van der Waals surface area contributed by atoms with Crippen LogP contribution in [-0.4, -0.2) is 47.6 Å². The van der Waals surface area contributed by atoms with Crippen LogP contribution < -0.4 is 5.32 Å². The van der Waals surface area contributed by atoms with E-state index in [1.165, 1.54) is 4.90 Å². The topological polar surface area (TPSA) is 69.6 Å². The molecule has 0 radical (unpaired) electrons. The third kappa shape index (κ3) is 8.68. The van der Waals surface area contributed by atoms with Gasteiger partial charge < -0.3 is 15.3 Å². The first kappa shape index (κ1) is 15.9. The Hall–Kier alpha value is -1.10. The number of rotatable bonds is 7. The predicted molar refractivity (Wildman–Crippen MR) is 66.5 cm³/mol. The molecule has 0 saturated carbocycles. The lowest BCUT2D eigenvalue weighted by atomic mass is 10.1. The standard InChI is InChI=1S/C12H24N2O3/c1-5-13-10(15)7-6-8-11(16)14(4)9-12(2,3)17/h17H,5-9H2,1-4H3,(H,13,15). The Morgan fingerprint density at radius 3 is 2.35 bits per heavy atom. The van der Waals surface area contributed by atoms with E-state index in [2.05, 4.69) is 5.32 Å². The summed E-state index contributed by atoms with van der Waals surface area (Å²) in [5.41, 5.74) is -0.885. The van der Waals surface area contributed by atoms with E-state index in [0.29, 0.717) is 32.4 Å². The van der Waals surface area contributed by atoms with Gasteiger partial charge in [0.25, 0.3) is 0 Å². The van der Waals surface area contributed by atoms with Crippen LogP contribution >= 0.6 is 0 Å². The second-order valence-electron chi connectivity index (χ2n) is 4.87. The van der Waals surface area contributed by atoms with Crippen LogP contribution in [0.2, 0.25) is 0 Å². The molecule has 0 atom stereocenters. The summed E-state index contributed by atoms with van der Waals surface area (Å²) < 4.78 is 0. The molecule has 0 fully saturated rings. The highest BCUT2D eigenvalue weighted by molar-refractivity contribution is 5.78. The molecule has 5 nitrogen and oxygen atoms in total. The molecule has 2 amide bonds. The molecule has 100 valence electrons. The van der Waals surface area contributed by atoms with E-state index in [1.807, 2.05) is 6.92 Å². The summed E-state index contributed by atoms with van der Waals surface area (Å²) in [4.78, 5) is 24.3. The van der Waals surface area contributed by atoms with Crippen molar-refractivity contribution < 1.29 is 14.7 Å². The van der Waals surface area contributed by atoms with Gasteiger partial charge in [-0.1, -0.05) is 0 Å². The maximum Gasteiger partial charge on any atom is 0.222 e. The van der Waals surface area contributed by atoms with E-state index < -0.39 is 5.60 Å². The monoisotopic (exact) mass is 244 g/mol. The highest BCUT2D eigenvalue weighted by Crippen LogP contribution is 2.06. The molecule has 0 aromatic carbocycles. The van der Waals surface area contributed by atoms with Crippen molar-refractivity contribution in [1.82, 2.24) is 10.2 Å². The largest absolute Gasteiger partial charge is 0.389 e. The summed E-state index contributed by atoms with van der Waals surface area (Å²) in [5, 5.41) is 12.2. The van der Waals surface area contributed by atoms with Gasteiger partial charge in [-0.05, 0) is 27.2 Å². The van der Waals surface area contributed by atoms with Gasteiger partial charge in [0.15, 0.2) is 0 Å². The van der Waals surface area contributed by atoms with E-state index in [4.69, 9.17) is 0 Å². The maximum absolute atomic E-state index is 11.6. The number of hydrogen-bond donors (Lipinski definition) is 2. The van der Waals surface area contributed by atoms with E-state index in [0.717, 1.165) is 0 Å². The Balaban J connectivity index is 3.83. The molecular formula is C12H24N2O3. The van der Waals surface area contributed by atoms with Crippen LogP contribution in [0.5, 0.6) is 0 Å². The molecular weight excluding hydrogens is 220 g/mol. The molecule has 0 rings (SSSR count). The smallest absolute Gasteiger partial charge is 0.222 e. The highest BCUT2D eigenvalue weighted by Gasteiger charge is 2.19. The fraction of sp³-hybridized carbons (Fsp3) is 0.833. The van der Waals surface area contributed by atoms with Crippen molar-refractivity contribution in [2.75, 3.05) is 20.1 Å². The van der Waals surface area contributed by atoms with Crippen LogP contribution in [0.1, 0.15) is 40.0 Å². The molecule has 0 heterocycles. The van der Waals surface area contributed by atoms with Gasteiger partial charge in [-0.3, -0.25) is 9.59 Å². The number of likely N-dealkylation sites (N-methyl/N-ethyl adjacent to an activating group) is 1. The number of carbonyl (C=O) groups is 2. The van der Waals surface area contributed by atoms with Crippen molar-refractivity contribution in [1.29, 1.82) is 0 Å². The lowest BCUT2D eigenvalue weighted by molar-refractivity contribution is -0.132. The Morgan fingerprint density at radius 2 is 1.88 bits per heavy atom. The summed E-state index contributed by atoms with van der Waals surface area (Å²) >= 11 is 0. The molecule has 0 aromatic rings. The zero-order chi connectivity index (χ0) is 13.5. The van der Waals surface area contributed by atoms with Gasteiger partial charge in [0.1, 0.15) is 0 Å². The van der Waals surface area contributed by atoms with Crippen molar-refractivity contribution in [3.05, 3.63) is 0 Å².